The van der Waals surface area contributed by atoms with Crippen LogP contribution in [0.2, 0.25) is 0 Å². The van der Waals surface area contributed by atoms with E-state index in [1.54, 1.807) is 24.3 Å². The molecule has 0 atom stereocenters. The molecule has 1 aliphatic heterocycles. The van der Waals surface area contributed by atoms with Crippen LogP contribution in [-0.4, -0.2) is 62.7 Å². The predicted octanol–water partition coefficient (Wildman–Crippen LogP) is 3.50. The van der Waals surface area contributed by atoms with E-state index < -0.39 is 29.2 Å². The monoisotopic (exact) mass is 458 g/mol. The van der Waals surface area contributed by atoms with Crippen LogP contribution in [0.5, 0.6) is 5.75 Å². The van der Waals surface area contributed by atoms with Crippen molar-refractivity contribution < 1.29 is 27.9 Å². The molecule has 7 nitrogen and oxygen atoms in total. The number of phenolic OH excluding ortho intramolecular Hbond substituents is 1. The second kappa shape index (κ2) is 8.61. The van der Waals surface area contributed by atoms with Crippen molar-refractivity contribution in [2.75, 3.05) is 26.2 Å². The van der Waals surface area contributed by atoms with Gasteiger partial charge in [0.1, 0.15) is 5.75 Å². The van der Waals surface area contributed by atoms with Crippen molar-refractivity contribution in [3.8, 4) is 11.4 Å². The molecule has 1 aromatic heterocycles. The fourth-order valence-electron chi connectivity index (χ4n) is 3.77. The Balaban J connectivity index is 1.54. The number of nitrogens with zero attached hydrogens (tertiary/aromatic N) is 4. The molecule has 0 spiro atoms. The maximum atomic E-state index is 13.9. The van der Waals surface area contributed by atoms with E-state index in [1.807, 2.05) is 6.92 Å². The quantitative estimate of drug-likeness (QED) is 0.652. The molecule has 1 saturated heterocycles. The maximum absolute atomic E-state index is 13.9. The standard InChI is InChI=1S/C23H21F3N4O3/c1-15-6-8-16(9-7-15)30-20(23(24,25)26)18(14-27-30)22(33)29-12-10-28(11-13-29)21(32)17-4-2-3-5-19(17)31/h2-9,14,31H,10-13H2,1H3. The number of rotatable bonds is 3. The van der Waals surface area contributed by atoms with Crippen molar-refractivity contribution in [3.05, 3.63) is 77.1 Å². The number of benzene rings is 2. The molecule has 0 radical (unpaired) electrons. The molecule has 2 heterocycles. The molecular formula is C23H21F3N4O3. The van der Waals surface area contributed by atoms with Crippen molar-refractivity contribution in [3.63, 3.8) is 0 Å². The lowest BCUT2D eigenvalue weighted by Gasteiger charge is -2.35. The van der Waals surface area contributed by atoms with E-state index in [0.29, 0.717) is 0 Å². The normalized spacial score (nSPS) is 14.4. The summed E-state index contributed by atoms with van der Waals surface area (Å²) in [6.07, 6.45) is -3.86. The van der Waals surface area contributed by atoms with Gasteiger partial charge in [0.15, 0.2) is 5.69 Å². The van der Waals surface area contributed by atoms with Crippen LogP contribution in [0.4, 0.5) is 13.2 Å². The third-order valence-corrected chi connectivity index (χ3v) is 5.54. The summed E-state index contributed by atoms with van der Waals surface area (Å²) in [5, 5.41) is 13.7. The van der Waals surface area contributed by atoms with Crippen molar-refractivity contribution >= 4 is 11.8 Å². The lowest BCUT2D eigenvalue weighted by molar-refractivity contribution is -0.143. The van der Waals surface area contributed by atoms with E-state index in [0.717, 1.165) is 16.4 Å². The molecule has 1 aliphatic rings. The van der Waals surface area contributed by atoms with Crippen LogP contribution < -0.4 is 0 Å². The van der Waals surface area contributed by atoms with Gasteiger partial charge in [0, 0.05) is 26.2 Å². The highest BCUT2D eigenvalue weighted by atomic mass is 19.4. The van der Waals surface area contributed by atoms with Gasteiger partial charge in [-0.05, 0) is 31.2 Å². The Kier molecular flexibility index (Phi) is 5.84. The van der Waals surface area contributed by atoms with Crippen LogP contribution in [0.1, 0.15) is 32.0 Å². The number of carbonyl (C=O) groups is 2. The van der Waals surface area contributed by atoms with Crippen molar-refractivity contribution in [1.29, 1.82) is 0 Å². The summed E-state index contributed by atoms with van der Waals surface area (Å²) in [6, 6.07) is 12.5. The number of piperazine rings is 1. The molecule has 33 heavy (non-hydrogen) atoms. The number of alkyl halides is 3. The lowest BCUT2D eigenvalue weighted by Crippen LogP contribution is -2.50. The minimum absolute atomic E-state index is 0.0607. The van der Waals surface area contributed by atoms with Crippen LogP contribution in [0.25, 0.3) is 5.69 Å². The lowest BCUT2D eigenvalue weighted by atomic mass is 10.1. The number of carbonyl (C=O) groups excluding carboxylic acids is 2. The average molecular weight is 458 g/mol. The number of halogens is 3. The number of aromatic nitrogens is 2. The Labute approximate surface area is 187 Å². The second-order valence-corrected chi connectivity index (χ2v) is 7.75. The third kappa shape index (κ3) is 4.41. The zero-order chi connectivity index (χ0) is 23.8. The van der Waals surface area contributed by atoms with E-state index in [1.165, 1.54) is 34.1 Å². The van der Waals surface area contributed by atoms with Crippen molar-refractivity contribution in [2.24, 2.45) is 0 Å². The molecule has 10 heteroatoms. The van der Waals surface area contributed by atoms with Gasteiger partial charge in [0.25, 0.3) is 11.8 Å². The summed E-state index contributed by atoms with van der Waals surface area (Å²) in [7, 11) is 0. The van der Waals surface area contributed by atoms with Crippen LogP contribution in [0, 0.1) is 6.92 Å². The summed E-state index contributed by atoms with van der Waals surface area (Å²) in [6.45, 7) is 2.20. The SMILES string of the molecule is Cc1ccc(-n2ncc(C(=O)N3CCN(C(=O)c4ccccc4O)CC3)c2C(F)(F)F)cc1. The Bertz CT molecular complexity index is 1180. The number of hydrogen-bond acceptors (Lipinski definition) is 4. The van der Waals surface area contributed by atoms with Gasteiger partial charge in [-0.1, -0.05) is 29.8 Å². The number of amides is 2. The second-order valence-electron chi connectivity index (χ2n) is 7.75. The molecule has 0 aliphatic carbocycles. The van der Waals surface area contributed by atoms with E-state index >= 15 is 0 Å². The van der Waals surface area contributed by atoms with Gasteiger partial charge < -0.3 is 14.9 Å². The molecule has 0 unspecified atom stereocenters. The molecule has 2 amide bonds. The van der Waals surface area contributed by atoms with Crippen molar-refractivity contribution in [1.82, 2.24) is 19.6 Å². The van der Waals surface area contributed by atoms with Gasteiger partial charge in [-0.3, -0.25) is 9.59 Å². The number of hydrogen-bond donors (Lipinski definition) is 1. The summed E-state index contributed by atoms with van der Waals surface area (Å²) < 4.78 is 42.5. The molecule has 0 saturated carbocycles. The Morgan fingerprint density at radius 3 is 1.97 bits per heavy atom. The fourth-order valence-corrected chi connectivity index (χ4v) is 3.77. The van der Waals surface area contributed by atoms with Crippen LogP contribution in [-0.2, 0) is 6.18 Å². The van der Waals surface area contributed by atoms with Gasteiger partial charge in [-0.25, -0.2) is 4.68 Å². The van der Waals surface area contributed by atoms with Crippen LogP contribution >= 0.6 is 0 Å². The first-order valence-corrected chi connectivity index (χ1v) is 10.3. The smallest absolute Gasteiger partial charge is 0.434 e. The molecule has 4 rings (SSSR count). The van der Waals surface area contributed by atoms with Gasteiger partial charge in [-0.15, -0.1) is 0 Å². The van der Waals surface area contributed by atoms with Gasteiger partial charge in [-0.2, -0.15) is 18.3 Å². The summed E-state index contributed by atoms with van der Waals surface area (Å²) in [5.41, 5.74) is -0.458. The minimum atomic E-state index is -4.80. The minimum Gasteiger partial charge on any atom is -0.507 e. The highest BCUT2D eigenvalue weighted by Crippen LogP contribution is 2.34. The van der Waals surface area contributed by atoms with Crippen molar-refractivity contribution in [2.45, 2.75) is 13.1 Å². The zero-order valence-corrected chi connectivity index (χ0v) is 17.7. The number of aromatic hydroxyl groups is 1. The number of para-hydroxylation sites is 1. The van der Waals surface area contributed by atoms with Gasteiger partial charge >= 0.3 is 6.18 Å². The summed E-state index contributed by atoms with van der Waals surface area (Å²) >= 11 is 0. The Hall–Kier alpha value is -3.82. The van der Waals surface area contributed by atoms with Gasteiger partial charge in [0.05, 0.1) is 23.0 Å². The fraction of sp³-hybridized carbons (Fsp3) is 0.261. The maximum Gasteiger partial charge on any atom is 0.434 e. The average Bonchev–Trinajstić information content (AvgIpc) is 3.25. The predicted molar refractivity (Wildman–Crippen MR) is 113 cm³/mol. The summed E-state index contributed by atoms with van der Waals surface area (Å²) in [5.74, 6) is -1.35. The largest absolute Gasteiger partial charge is 0.507 e. The zero-order valence-electron chi connectivity index (χ0n) is 17.7. The van der Waals surface area contributed by atoms with E-state index in [4.69, 9.17) is 0 Å². The van der Waals surface area contributed by atoms with E-state index in [2.05, 4.69) is 5.10 Å². The first-order chi connectivity index (χ1) is 15.7. The summed E-state index contributed by atoms with van der Waals surface area (Å²) in [4.78, 5) is 28.4. The topological polar surface area (TPSA) is 78.7 Å². The first kappa shape index (κ1) is 22.4. The van der Waals surface area contributed by atoms with Crippen LogP contribution in [0.15, 0.2) is 54.7 Å². The molecule has 3 aromatic rings. The number of phenols is 1. The Morgan fingerprint density at radius 1 is 0.879 bits per heavy atom. The first-order valence-electron chi connectivity index (χ1n) is 10.3. The molecule has 1 fully saturated rings. The molecular weight excluding hydrogens is 437 g/mol. The van der Waals surface area contributed by atoms with E-state index in [9.17, 15) is 27.9 Å². The molecule has 172 valence electrons. The Morgan fingerprint density at radius 2 is 1.42 bits per heavy atom. The third-order valence-electron chi connectivity index (χ3n) is 5.54. The van der Waals surface area contributed by atoms with Crippen LogP contribution in [0.3, 0.4) is 0 Å². The number of aryl methyl sites for hydroxylation is 1. The highest BCUT2D eigenvalue weighted by molar-refractivity contribution is 5.98. The van der Waals surface area contributed by atoms with E-state index in [-0.39, 0.29) is 43.2 Å². The molecule has 0 bridgehead atoms. The van der Waals surface area contributed by atoms with Gasteiger partial charge in [0.2, 0.25) is 0 Å². The molecule has 2 aromatic carbocycles. The highest BCUT2D eigenvalue weighted by Gasteiger charge is 2.42. The molecule has 1 N–H and O–H groups in total.